The number of anilines is 3. The van der Waals surface area contributed by atoms with Crippen LogP contribution in [0.5, 0.6) is 0 Å². The van der Waals surface area contributed by atoms with Crippen molar-refractivity contribution in [2.45, 2.75) is 117 Å². The molecule has 0 aliphatic carbocycles. The summed E-state index contributed by atoms with van der Waals surface area (Å²) in [6.45, 7) is 23.0. The quantitative estimate of drug-likeness (QED) is 0.0632. The molecule has 0 radical (unpaired) electrons. The van der Waals surface area contributed by atoms with Gasteiger partial charge in [0.2, 0.25) is 29.6 Å². The van der Waals surface area contributed by atoms with E-state index in [0.717, 1.165) is 92.5 Å². The number of aliphatic hydroxyl groups is 1. The molecule has 7 heterocycles. The third-order valence-electron chi connectivity index (χ3n) is 19.2. The summed E-state index contributed by atoms with van der Waals surface area (Å²) < 4.78 is 72.4. The average molecular weight is 1310 g/mol. The number of β-amino-alcohol motifs (C(OH)–C–C–N with tert-alkyl or cyclic N) is 1. The van der Waals surface area contributed by atoms with Crippen molar-refractivity contribution in [1.29, 1.82) is 0 Å². The number of carbonyl (C=O) groups excluding carboxylic acids is 5. The van der Waals surface area contributed by atoms with E-state index < -0.39 is 64.4 Å². The number of nitrogens with zero attached hydrogens (tertiary/aromatic N) is 11. The number of thiazole rings is 1. The summed E-state index contributed by atoms with van der Waals surface area (Å²) in [4.78, 5) is 99.8. The number of nitrogens with one attached hydrogen (secondary N) is 3. The number of carbonyl (C=O) groups is 5. The van der Waals surface area contributed by atoms with Gasteiger partial charge in [-0.15, -0.1) is 11.3 Å². The Balaban J connectivity index is 0.643. The van der Waals surface area contributed by atoms with Gasteiger partial charge in [0.15, 0.2) is 0 Å². The van der Waals surface area contributed by atoms with Crippen molar-refractivity contribution in [2.75, 3.05) is 127 Å². The number of rotatable bonds is 18. The largest absolute Gasteiger partial charge is 0.417 e. The van der Waals surface area contributed by atoms with Crippen LogP contribution in [0, 0.1) is 29.9 Å². The smallest absolute Gasteiger partial charge is 0.391 e. The molecule has 93 heavy (non-hydrogen) atoms. The Labute approximate surface area is 544 Å². The molecule has 5 aliphatic heterocycles. The second-order valence-electron chi connectivity index (χ2n) is 26.9. The molecule has 0 bridgehead atoms. The molecule has 6 atom stereocenters. The van der Waals surface area contributed by atoms with E-state index in [0.29, 0.717) is 64.1 Å². The summed E-state index contributed by atoms with van der Waals surface area (Å²) in [5, 5.41) is 19.4. The van der Waals surface area contributed by atoms with Crippen molar-refractivity contribution in [2.24, 2.45) is 11.3 Å². The fourth-order valence-electron chi connectivity index (χ4n) is 13.4. The number of piperazine rings is 3. The predicted octanol–water partition coefficient (Wildman–Crippen LogP) is 7.39. The van der Waals surface area contributed by atoms with Gasteiger partial charge in [-0.1, -0.05) is 45.0 Å². The predicted molar refractivity (Wildman–Crippen MR) is 347 cm³/mol. The molecule has 5 saturated heterocycles. The number of aromatic nitrogens is 3. The highest BCUT2D eigenvalue weighted by molar-refractivity contribution is 7.13. The molecule has 5 amide bonds. The van der Waals surface area contributed by atoms with Crippen molar-refractivity contribution < 1.29 is 51.0 Å². The number of hydrogen-bond acceptors (Lipinski definition) is 16. The van der Waals surface area contributed by atoms with Crippen LogP contribution in [0.2, 0.25) is 0 Å². The van der Waals surface area contributed by atoms with Crippen molar-refractivity contribution in [1.82, 2.24) is 55.0 Å². The minimum absolute atomic E-state index is 0.00690. The lowest BCUT2D eigenvalue weighted by Crippen LogP contribution is -2.59. The summed E-state index contributed by atoms with van der Waals surface area (Å²) >= 11 is 1.57. The highest BCUT2D eigenvalue weighted by Gasteiger charge is 2.45. The number of benzene rings is 3. The van der Waals surface area contributed by atoms with Gasteiger partial charge in [-0.3, -0.25) is 33.8 Å². The summed E-state index contributed by atoms with van der Waals surface area (Å²) in [7, 11) is 1.97. The van der Waals surface area contributed by atoms with Crippen LogP contribution < -0.4 is 25.8 Å². The lowest BCUT2D eigenvalue weighted by molar-refractivity contribution is -0.144. The van der Waals surface area contributed by atoms with Gasteiger partial charge in [0.25, 0.3) is 5.91 Å². The van der Waals surface area contributed by atoms with Crippen LogP contribution in [0.4, 0.5) is 39.3 Å². The normalized spacial score (nSPS) is 21.6. The number of piperidine rings is 1. The highest BCUT2D eigenvalue weighted by atomic mass is 32.1. The topological polar surface area (TPSA) is 206 Å². The Kier molecular flexibility index (Phi) is 21.5. The number of hydrogen-bond donors (Lipinski definition) is 4. The maximum atomic E-state index is 16.3. The van der Waals surface area contributed by atoms with E-state index in [-0.39, 0.29) is 83.9 Å². The maximum Gasteiger partial charge on any atom is 0.417 e. The molecular weight excluding hydrogens is 1220 g/mol. The second kappa shape index (κ2) is 29.2. The number of aryl methyl sites for hydroxylation is 1. The molecule has 5 aliphatic rings. The Hall–Kier alpha value is -7.23. The van der Waals surface area contributed by atoms with Crippen LogP contribution in [-0.4, -0.2) is 221 Å². The van der Waals surface area contributed by atoms with E-state index in [1.165, 1.54) is 29.4 Å². The molecule has 10 rings (SSSR count). The summed E-state index contributed by atoms with van der Waals surface area (Å²) in [5.74, 6) is -3.04. The van der Waals surface area contributed by atoms with Gasteiger partial charge in [-0.25, -0.2) is 23.7 Å². The first-order valence-electron chi connectivity index (χ1n) is 32.3. The van der Waals surface area contributed by atoms with Crippen LogP contribution in [0.25, 0.3) is 21.6 Å². The van der Waals surface area contributed by atoms with Gasteiger partial charge in [-0.2, -0.15) is 13.2 Å². The number of aliphatic hydroxyl groups excluding tert-OH is 1. The van der Waals surface area contributed by atoms with Crippen molar-refractivity contribution in [3.63, 3.8) is 0 Å². The summed E-state index contributed by atoms with van der Waals surface area (Å²) in [6, 6.07) is 10.3. The van der Waals surface area contributed by atoms with Crippen LogP contribution in [0.3, 0.4) is 0 Å². The molecule has 26 heteroatoms. The molecule has 502 valence electrons. The molecule has 0 unspecified atom stereocenters. The molecule has 3 aromatic carbocycles. The minimum Gasteiger partial charge on any atom is -0.391 e. The Bertz CT molecular complexity index is 3450. The molecular formula is C67H87F5N14O6S. The van der Waals surface area contributed by atoms with Crippen LogP contribution in [-0.2, 0) is 25.4 Å². The van der Waals surface area contributed by atoms with E-state index in [2.05, 4.69) is 50.5 Å². The average Bonchev–Trinajstić information content (AvgIpc) is 1.29. The number of likely N-dealkylation sites (tertiary alicyclic amines) is 2. The summed E-state index contributed by atoms with van der Waals surface area (Å²) in [5.41, 5.74) is 2.44. The zero-order valence-electron chi connectivity index (χ0n) is 54.3. The second-order valence-corrected chi connectivity index (χ2v) is 27.7. The molecule has 4 N–H and O–H groups in total. The first kappa shape index (κ1) is 68.6. The fourth-order valence-corrected chi connectivity index (χ4v) is 14.2. The van der Waals surface area contributed by atoms with Gasteiger partial charge in [0.1, 0.15) is 23.7 Å². The molecule has 5 aromatic rings. The zero-order chi connectivity index (χ0) is 66.6. The van der Waals surface area contributed by atoms with E-state index in [1.807, 2.05) is 100.0 Å². The zero-order valence-corrected chi connectivity index (χ0v) is 55.1. The van der Waals surface area contributed by atoms with Crippen LogP contribution in [0.1, 0.15) is 100 Å². The van der Waals surface area contributed by atoms with Crippen LogP contribution >= 0.6 is 11.3 Å². The SMILES string of the molecule is Cc1ncsc1-c1ccc([C@H](C)NC(=O)[C@@H]2C[C@@H](O)CN2C(=O)[C@@H](NC(=O)CN2CCC(CN3CCN(CCC(=O)N4CCN(c5ncc(-c6cc(NC(=O)c7ccc(F)cc7C(F)(F)F)c(N7C[C@@H](C)N(C)[C@@H](C)C7)cc6F)cn5)CC4)CC3)CC2)C(C)(C)C)cc1. The number of halogens is 5. The van der Waals surface area contributed by atoms with Gasteiger partial charge < -0.3 is 50.5 Å². The number of likely N-dealkylation sites (N-methyl/N-ethyl adjacent to an activating group) is 1. The van der Waals surface area contributed by atoms with E-state index >= 15 is 4.39 Å². The third-order valence-corrected chi connectivity index (χ3v) is 20.2. The van der Waals surface area contributed by atoms with E-state index in [4.69, 9.17) is 0 Å². The van der Waals surface area contributed by atoms with Gasteiger partial charge >= 0.3 is 6.18 Å². The monoisotopic (exact) mass is 1310 g/mol. The van der Waals surface area contributed by atoms with E-state index in [1.54, 1.807) is 11.3 Å². The van der Waals surface area contributed by atoms with Crippen LogP contribution in [0.15, 0.2) is 72.5 Å². The van der Waals surface area contributed by atoms with Gasteiger partial charge in [-0.05, 0) is 113 Å². The number of amides is 5. The standard InChI is InChI=1S/C67H87F5N14O6S/c1-41-35-85(36-42(2)79(41)8)56-32-54(69)52(31-55(56)77-62(90)51-14-13-49(68)29-53(51)67(70,71)72)48-33-73-65(74-34-48)84-27-25-83(26-28-84)59(89)17-20-80-21-23-82(24-22-80)37-45-15-18-81(19-16-45)39-58(88)78-61(66(5,6)7)64(92)86-38-50(87)30-57(86)63(91)76-43(3)46-9-11-47(12-10-46)60-44(4)75-40-93-60/h9-14,29,31-34,40-43,45,50,57,61,87H,15-28,30,35-39H2,1-8H3,(H,76,91)(H,77,90)(H,78,88)/t41-,42+,43-,50+,57-,61+/m0/s1. The molecule has 2 aromatic heterocycles. The molecule has 0 saturated carbocycles. The minimum atomic E-state index is -5.02. The van der Waals surface area contributed by atoms with Crippen molar-refractivity contribution in [3.05, 3.63) is 107 Å². The number of alkyl halides is 3. The van der Waals surface area contributed by atoms with E-state index in [9.17, 15) is 46.6 Å². The Morgan fingerprint density at radius 2 is 1.42 bits per heavy atom. The Morgan fingerprint density at radius 1 is 0.763 bits per heavy atom. The molecule has 5 fully saturated rings. The highest BCUT2D eigenvalue weighted by Crippen LogP contribution is 2.39. The fraction of sp³-hybridized carbons (Fsp3) is 0.552. The maximum absolute atomic E-state index is 16.3. The molecule has 20 nitrogen and oxygen atoms in total. The lowest BCUT2D eigenvalue weighted by atomic mass is 9.85. The molecule has 0 spiro atoms. The summed E-state index contributed by atoms with van der Waals surface area (Å²) in [6.07, 6.45) is -0.645. The van der Waals surface area contributed by atoms with Gasteiger partial charge in [0, 0.05) is 134 Å². The van der Waals surface area contributed by atoms with Crippen molar-refractivity contribution in [3.8, 4) is 21.6 Å². The first-order valence-corrected chi connectivity index (χ1v) is 33.1. The lowest BCUT2D eigenvalue weighted by Gasteiger charge is -2.44. The van der Waals surface area contributed by atoms with Gasteiger partial charge in [0.05, 0.1) is 57.3 Å². The Morgan fingerprint density at radius 3 is 2.04 bits per heavy atom. The van der Waals surface area contributed by atoms with Crippen molar-refractivity contribution >= 4 is 58.2 Å². The third kappa shape index (κ3) is 16.6. The first-order chi connectivity index (χ1) is 44.2.